The van der Waals surface area contributed by atoms with Gasteiger partial charge in [-0.05, 0) is 30.7 Å². The van der Waals surface area contributed by atoms with Crippen molar-refractivity contribution in [3.05, 3.63) is 58.9 Å². The Kier molecular flexibility index (Phi) is 3.65. The molecule has 3 N–H and O–H groups in total. The molecule has 0 spiro atoms. The van der Waals surface area contributed by atoms with Gasteiger partial charge in [-0.25, -0.2) is 13.2 Å². The first kappa shape index (κ1) is 13.9. The van der Waals surface area contributed by atoms with E-state index in [0.29, 0.717) is 23.4 Å². The van der Waals surface area contributed by atoms with E-state index in [4.69, 9.17) is 5.73 Å². The molecule has 0 aromatic heterocycles. The number of anilines is 2. The fraction of sp³-hybridized carbons (Fsp3) is 0.0714. The molecule has 3 nitrogen and oxygen atoms in total. The first-order chi connectivity index (χ1) is 9.38. The number of amides is 1. The molecule has 0 radical (unpaired) electrons. The molecule has 6 heteroatoms. The standard InChI is InChI=1S/C14H11F3N2O/c1-7-4-9(18)2-3-10(7)14(20)19-12-6-8(15)5-11(16)13(12)17/h2-6H,18H2,1H3,(H,19,20). The summed E-state index contributed by atoms with van der Waals surface area (Å²) in [7, 11) is 0. The van der Waals surface area contributed by atoms with Crippen LogP contribution in [0.4, 0.5) is 24.5 Å². The summed E-state index contributed by atoms with van der Waals surface area (Å²) in [6, 6.07) is 5.64. The number of carbonyl (C=O) groups excluding carboxylic acids is 1. The third-order valence-electron chi connectivity index (χ3n) is 2.74. The van der Waals surface area contributed by atoms with Crippen molar-refractivity contribution in [2.24, 2.45) is 0 Å². The molecular formula is C14H11F3N2O. The second-order valence-corrected chi connectivity index (χ2v) is 4.28. The van der Waals surface area contributed by atoms with Crippen LogP contribution in [0.2, 0.25) is 0 Å². The number of halogens is 3. The highest BCUT2D eigenvalue weighted by molar-refractivity contribution is 6.05. The van der Waals surface area contributed by atoms with E-state index < -0.39 is 29.0 Å². The van der Waals surface area contributed by atoms with Crippen molar-refractivity contribution in [2.45, 2.75) is 6.92 Å². The third kappa shape index (κ3) is 2.74. The molecule has 0 aliphatic rings. The minimum atomic E-state index is -1.37. The number of carbonyl (C=O) groups is 1. The smallest absolute Gasteiger partial charge is 0.256 e. The summed E-state index contributed by atoms with van der Waals surface area (Å²) >= 11 is 0. The van der Waals surface area contributed by atoms with Gasteiger partial charge in [-0.2, -0.15) is 0 Å². The summed E-state index contributed by atoms with van der Waals surface area (Å²) in [4.78, 5) is 12.0. The zero-order valence-corrected chi connectivity index (χ0v) is 10.5. The molecule has 20 heavy (non-hydrogen) atoms. The topological polar surface area (TPSA) is 55.1 Å². The Balaban J connectivity index is 2.32. The average molecular weight is 280 g/mol. The van der Waals surface area contributed by atoms with Gasteiger partial charge in [-0.1, -0.05) is 0 Å². The summed E-state index contributed by atoms with van der Waals surface area (Å²) in [6.45, 7) is 1.65. The molecule has 104 valence electrons. The second kappa shape index (κ2) is 5.24. The van der Waals surface area contributed by atoms with Crippen molar-refractivity contribution in [3.63, 3.8) is 0 Å². The van der Waals surface area contributed by atoms with E-state index in [0.717, 1.165) is 0 Å². The second-order valence-electron chi connectivity index (χ2n) is 4.28. The van der Waals surface area contributed by atoms with Crippen LogP contribution in [0.1, 0.15) is 15.9 Å². The molecule has 2 aromatic carbocycles. The highest BCUT2D eigenvalue weighted by Gasteiger charge is 2.15. The quantitative estimate of drug-likeness (QED) is 0.655. The van der Waals surface area contributed by atoms with Gasteiger partial charge >= 0.3 is 0 Å². The van der Waals surface area contributed by atoms with Crippen molar-refractivity contribution in [1.29, 1.82) is 0 Å². The molecule has 0 fully saturated rings. The van der Waals surface area contributed by atoms with Gasteiger partial charge in [0.05, 0.1) is 5.69 Å². The number of nitrogens with one attached hydrogen (secondary N) is 1. The number of nitrogens with two attached hydrogens (primary N) is 1. The van der Waals surface area contributed by atoms with Crippen LogP contribution in [-0.2, 0) is 0 Å². The van der Waals surface area contributed by atoms with Crippen LogP contribution >= 0.6 is 0 Å². The van der Waals surface area contributed by atoms with Gasteiger partial charge < -0.3 is 11.1 Å². The predicted molar refractivity (Wildman–Crippen MR) is 69.9 cm³/mol. The zero-order valence-electron chi connectivity index (χ0n) is 10.5. The Morgan fingerprint density at radius 2 is 1.85 bits per heavy atom. The van der Waals surface area contributed by atoms with Crippen LogP contribution in [0, 0.1) is 24.4 Å². The van der Waals surface area contributed by atoms with E-state index in [1.54, 1.807) is 13.0 Å². The van der Waals surface area contributed by atoms with E-state index in [-0.39, 0.29) is 5.56 Å². The van der Waals surface area contributed by atoms with Crippen molar-refractivity contribution >= 4 is 17.3 Å². The minimum absolute atomic E-state index is 0.239. The van der Waals surface area contributed by atoms with E-state index in [1.165, 1.54) is 12.1 Å². The van der Waals surface area contributed by atoms with Gasteiger partial charge in [0.1, 0.15) is 5.82 Å². The molecule has 0 saturated heterocycles. The van der Waals surface area contributed by atoms with Crippen LogP contribution < -0.4 is 11.1 Å². The van der Waals surface area contributed by atoms with Crippen LogP contribution in [0.3, 0.4) is 0 Å². The zero-order chi connectivity index (χ0) is 14.9. The Labute approximate surface area is 113 Å². The lowest BCUT2D eigenvalue weighted by atomic mass is 10.1. The maximum Gasteiger partial charge on any atom is 0.256 e. The van der Waals surface area contributed by atoms with Crippen LogP contribution in [0.25, 0.3) is 0 Å². The Hall–Kier alpha value is -2.50. The van der Waals surface area contributed by atoms with E-state index in [1.807, 2.05) is 0 Å². The molecule has 0 bridgehead atoms. The summed E-state index contributed by atoms with van der Waals surface area (Å²) in [5.41, 5.74) is 6.28. The number of nitrogen functional groups attached to an aromatic ring is 1. The average Bonchev–Trinajstić information content (AvgIpc) is 2.35. The molecule has 0 aliphatic carbocycles. The molecule has 0 heterocycles. The SMILES string of the molecule is Cc1cc(N)ccc1C(=O)Nc1cc(F)cc(F)c1F. The van der Waals surface area contributed by atoms with Crippen molar-refractivity contribution in [1.82, 2.24) is 0 Å². The van der Waals surface area contributed by atoms with Gasteiger partial charge in [-0.15, -0.1) is 0 Å². The fourth-order valence-corrected chi connectivity index (χ4v) is 1.78. The Bertz CT molecular complexity index is 686. The summed E-state index contributed by atoms with van der Waals surface area (Å²) in [6.07, 6.45) is 0. The lowest BCUT2D eigenvalue weighted by Gasteiger charge is -2.09. The first-order valence-corrected chi connectivity index (χ1v) is 5.70. The molecule has 0 unspecified atom stereocenters. The van der Waals surface area contributed by atoms with Gasteiger partial charge in [0.25, 0.3) is 5.91 Å². The number of hydrogen-bond donors (Lipinski definition) is 2. The van der Waals surface area contributed by atoms with Gasteiger partial charge in [0.15, 0.2) is 11.6 Å². The van der Waals surface area contributed by atoms with E-state index in [2.05, 4.69) is 5.32 Å². The lowest BCUT2D eigenvalue weighted by Crippen LogP contribution is -2.15. The van der Waals surface area contributed by atoms with Crippen molar-refractivity contribution in [2.75, 3.05) is 11.1 Å². The molecular weight excluding hydrogens is 269 g/mol. The largest absolute Gasteiger partial charge is 0.399 e. The molecule has 2 aromatic rings. The summed E-state index contributed by atoms with van der Waals surface area (Å²) in [5, 5.41) is 2.13. The maximum atomic E-state index is 13.4. The lowest BCUT2D eigenvalue weighted by molar-refractivity contribution is 0.102. The van der Waals surface area contributed by atoms with Gasteiger partial charge in [0, 0.05) is 23.4 Å². The molecule has 0 aliphatic heterocycles. The third-order valence-corrected chi connectivity index (χ3v) is 2.74. The molecule has 0 saturated carbocycles. The Morgan fingerprint density at radius 3 is 2.50 bits per heavy atom. The van der Waals surface area contributed by atoms with Gasteiger partial charge in [-0.3, -0.25) is 4.79 Å². The Morgan fingerprint density at radius 1 is 1.15 bits per heavy atom. The predicted octanol–water partition coefficient (Wildman–Crippen LogP) is 3.25. The summed E-state index contributed by atoms with van der Waals surface area (Å²) < 4.78 is 39.5. The highest BCUT2D eigenvalue weighted by atomic mass is 19.2. The minimum Gasteiger partial charge on any atom is -0.399 e. The number of rotatable bonds is 2. The van der Waals surface area contributed by atoms with E-state index in [9.17, 15) is 18.0 Å². The monoisotopic (exact) mass is 280 g/mol. The highest BCUT2D eigenvalue weighted by Crippen LogP contribution is 2.21. The van der Waals surface area contributed by atoms with Crippen LogP contribution in [0.5, 0.6) is 0 Å². The molecule has 1 amide bonds. The van der Waals surface area contributed by atoms with Crippen molar-refractivity contribution in [3.8, 4) is 0 Å². The number of aryl methyl sites for hydroxylation is 1. The fourth-order valence-electron chi connectivity index (χ4n) is 1.78. The number of benzene rings is 2. The molecule has 2 rings (SSSR count). The number of hydrogen-bond acceptors (Lipinski definition) is 2. The molecule has 0 atom stereocenters. The maximum absolute atomic E-state index is 13.4. The van der Waals surface area contributed by atoms with Crippen LogP contribution in [0.15, 0.2) is 30.3 Å². The normalized spacial score (nSPS) is 10.4. The first-order valence-electron chi connectivity index (χ1n) is 5.70. The van der Waals surface area contributed by atoms with Crippen molar-refractivity contribution < 1.29 is 18.0 Å². The summed E-state index contributed by atoms with van der Waals surface area (Å²) in [5.74, 6) is -4.33. The van der Waals surface area contributed by atoms with E-state index >= 15 is 0 Å². The van der Waals surface area contributed by atoms with Crippen LogP contribution in [-0.4, -0.2) is 5.91 Å². The van der Waals surface area contributed by atoms with Gasteiger partial charge in [0.2, 0.25) is 0 Å².